The largest absolute Gasteiger partial charge is 0.496 e. The van der Waals surface area contributed by atoms with E-state index >= 15 is 0 Å². The van der Waals surface area contributed by atoms with Gasteiger partial charge in [0, 0.05) is 12.1 Å². The molecule has 234 valence electrons. The lowest BCUT2D eigenvalue weighted by atomic mass is 9.72. The first kappa shape index (κ1) is 32.2. The maximum atomic E-state index is 13.5. The third-order valence-corrected chi connectivity index (χ3v) is 8.03. The van der Waals surface area contributed by atoms with Gasteiger partial charge in [0.15, 0.2) is 0 Å². The van der Waals surface area contributed by atoms with Crippen LogP contribution in [0.2, 0.25) is 0 Å². The second-order valence-corrected chi connectivity index (χ2v) is 11.7. The first-order chi connectivity index (χ1) is 19.9. The molecule has 0 bridgehead atoms. The first-order valence-corrected chi connectivity index (χ1v) is 13.6. The second-order valence-electron chi connectivity index (χ2n) is 11.7. The average molecular weight is 614 g/mol. The zero-order valence-corrected chi connectivity index (χ0v) is 24.4. The van der Waals surface area contributed by atoms with Gasteiger partial charge in [0.1, 0.15) is 11.9 Å². The number of amides is 1. The minimum Gasteiger partial charge on any atom is -0.496 e. The maximum absolute atomic E-state index is 13.5. The van der Waals surface area contributed by atoms with Gasteiger partial charge in [-0.15, -0.1) is 0 Å². The molecule has 0 N–H and O–H groups in total. The Hall–Kier alpha value is -3.70. The molecule has 12 heteroatoms. The number of ether oxygens (including phenoxy) is 3. The van der Waals surface area contributed by atoms with Gasteiger partial charge in [-0.05, 0) is 84.2 Å². The van der Waals surface area contributed by atoms with Gasteiger partial charge >= 0.3 is 24.4 Å². The lowest BCUT2D eigenvalue weighted by molar-refractivity contribution is -0.143. The molecule has 1 amide bonds. The van der Waals surface area contributed by atoms with Crippen LogP contribution in [0.15, 0.2) is 42.0 Å². The minimum atomic E-state index is -5.03. The van der Waals surface area contributed by atoms with Crippen LogP contribution in [0.3, 0.4) is 0 Å². The van der Waals surface area contributed by atoms with Crippen LogP contribution >= 0.6 is 0 Å². The quantitative estimate of drug-likeness (QED) is 0.234. The molecule has 0 spiro atoms. The standard InChI is InChI=1S/C31H33F6NO5/c1-17-27(19-12-21(30(32,33)34)14-22(13-19)31(35,36)37)43-28(40)38(17)16-20-15-29(2,3)9-8-23(20)24-10-18(11-26(39)42-5)6-7-25(24)41-4/h6-7,10,12-14,17,27H,8-9,11,15-16H2,1-5H3/t17-,27-/m0/s1. The van der Waals surface area contributed by atoms with E-state index in [2.05, 4.69) is 13.8 Å². The van der Waals surface area contributed by atoms with E-state index in [9.17, 15) is 35.9 Å². The lowest BCUT2D eigenvalue weighted by Crippen LogP contribution is -2.35. The van der Waals surface area contributed by atoms with E-state index in [1.807, 2.05) is 6.07 Å². The number of benzene rings is 2. The van der Waals surface area contributed by atoms with Crippen LogP contribution in [-0.4, -0.2) is 43.8 Å². The number of allylic oxidation sites excluding steroid dienone is 1. The highest BCUT2D eigenvalue weighted by Crippen LogP contribution is 2.46. The molecule has 2 aromatic rings. The summed E-state index contributed by atoms with van der Waals surface area (Å²) in [5, 5.41) is 0. The Morgan fingerprint density at radius 2 is 1.65 bits per heavy atom. The monoisotopic (exact) mass is 613 g/mol. The molecule has 0 aromatic heterocycles. The third kappa shape index (κ3) is 7.10. The molecule has 2 atom stereocenters. The van der Waals surface area contributed by atoms with Crippen LogP contribution in [-0.2, 0) is 33.0 Å². The Bertz CT molecular complexity index is 1400. The van der Waals surface area contributed by atoms with Crippen molar-refractivity contribution in [3.63, 3.8) is 0 Å². The van der Waals surface area contributed by atoms with Crippen LogP contribution in [0.5, 0.6) is 5.75 Å². The van der Waals surface area contributed by atoms with Crippen LogP contribution in [0.25, 0.3) is 5.57 Å². The van der Waals surface area contributed by atoms with Gasteiger partial charge in [-0.2, -0.15) is 26.3 Å². The number of methoxy groups -OCH3 is 2. The number of esters is 1. The van der Waals surface area contributed by atoms with Gasteiger partial charge < -0.3 is 14.2 Å². The molecule has 6 nitrogen and oxygen atoms in total. The molecule has 1 aliphatic heterocycles. The summed E-state index contributed by atoms with van der Waals surface area (Å²) in [5.41, 5.74) is -0.309. The molecule has 1 heterocycles. The third-order valence-electron chi connectivity index (χ3n) is 8.03. The van der Waals surface area contributed by atoms with Gasteiger partial charge in [0.2, 0.25) is 0 Å². The molecule has 0 radical (unpaired) electrons. The number of alkyl halides is 6. The number of halogens is 6. The molecule has 0 unspecified atom stereocenters. The number of hydrogen-bond donors (Lipinski definition) is 0. The molecule has 43 heavy (non-hydrogen) atoms. The van der Waals surface area contributed by atoms with Crippen LogP contribution in [0.1, 0.15) is 74.0 Å². The van der Waals surface area contributed by atoms with Gasteiger partial charge in [-0.3, -0.25) is 9.69 Å². The molecular formula is C31H33F6NO5. The summed E-state index contributed by atoms with van der Waals surface area (Å²) >= 11 is 0. The number of carbonyl (C=O) groups is 2. The fraction of sp³-hybridized carbons (Fsp3) is 0.484. The van der Waals surface area contributed by atoms with Crippen molar-refractivity contribution in [1.82, 2.24) is 4.90 Å². The Morgan fingerprint density at radius 3 is 2.21 bits per heavy atom. The van der Waals surface area contributed by atoms with E-state index < -0.39 is 47.7 Å². The maximum Gasteiger partial charge on any atom is 0.416 e. The zero-order valence-electron chi connectivity index (χ0n) is 24.4. The van der Waals surface area contributed by atoms with E-state index in [1.165, 1.54) is 26.0 Å². The smallest absolute Gasteiger partial charge is 0.416 e. The van der Waals surface area contributed by atoms with Crippen molar-refractivity contribution in [2.75, 3.05) is 20.8 Å². The van der Waals surface area contributed by atoms with Crippen molar-refractivity contribution in [2.45, 2.75) is 71.0 Å². The summed E-state index contributed by atoms with van der Waals surface area (Å²) in [7, 11) is 2.81. The highest BCUT2D eigenvalue weighted by molar-refractivity contribution is 5.78. The summed E-state index contributed by atoms with van der Waals surface area (Å²) in [6.45, 7) is 5.73. The topological polar surface area (TPSA) is 65.1 Å². The van der Waals surface area contributed by atoms with E-state index in [1.54, 1.807) is 12.1 Å². The zero-order chi connectivity index (χ0) is 31.9. The highest BCUT2D eigenvalue weighted by Gasteiger charge is 2.44. The minimum absolute atomic E-state index is 0.0374. The summed E-state index contributed by atoms with van der Waals surface area (Å²) in [6.07, 6.45) is -10.2. The molecule has 1 fully saturated rings. The summed E-state index contributed by atoms with van der Waals surface area (Å²) in [5.74, 6) is 0.137. The van der Waals surface area contributed by atoms with Gasteiger partial charge in [-0.1, -0.05) is 19.9 Å². The molecule has 2 aromatic carbocycles. The predicted molar refractivity (Wildman–Crippen MR) is 145 cm³/mol. The molecule has 0 saturated carbocycles. The van der Waals surface area contributed by atoms with Crippen molar-refractivity contribution < 1.29 is 50.1 Å². The summed E-state index contributed by atoms with van der Waals surface area (Å²) in [6, 6.07) is 5.69. The van der Waals surface area contributed by atoms with Crippen molar-refractivity contribution >= 4 is 17.6 Å². The summed E-state index contributed by atoms with van der Waals surface area (Å²) in [4.78, 5) is 26.4. The number of cyclic esters (lactones) is 1. The van der Waals surface area contributed by atoms with E-state index in [0.29, 0.717) is 36.3 Å². The van der Waals surface area contributed by atoms with Crippen molar-refractivity contribution in [3.05, 3.63) is 69.8 Å². The van der Waals surface area contributed by atoms with Gasteiger partial charge in [0.25, 0.3) is 0 Å². The number of carbonyl (C=O) groups excluding carboxylic acids is 2. The molecular weight excluding hydrogens is 580 g/mol. The van der Waals surface area contributed by atoms with E-state index in [4.69, 9.17) is 14.2 Å². The molecule has 4 rings (SSSR count). The number of rotatable bonds is 7. The molecule has 1 aliphatic carbocycles. The fourth-order valence-electron chi connectivity index (χ4n) is 5.74. The second kappa shape index (κ2) is 11.8. The Kier molecular flexibility index (Phi) is 8.82. The number of hydrogen-bond acceptors (Lipinski definition) is 5. The van der Waals surface area contributed by atoms with Crippen LogP contribution in [0.4, 0.5) is 31.1 Å². The van der Waals surface area contributed by atoms with Crippen molar-refractivity contribution in [2.24, 2.45) is 5.41 Å². The predicted octanol–water partition coefficient (Wildman–Crippen LogP) is 7.99. The Balaban J connectivity index is 1.74. The van der Waals surface area contributed by atoms with Gasteiger partial charge in [-0.25, -0.2) is 4.79 Å². The normalized spacial score (nSPS) is 20.7. The van der Waals surface area contributed by atoms with Crippen molar-refractivity contribution in [3.8, 4) is 5.75 Å². The average Bonchev–Trinajstić information content (AvgIpc) is 3.20. The van der Waals surface area contributed by atoms with E-state index in [-0.39, 0.29) is 30.0 Å². The first-order valence-electron chi connectivity index (χ1n) is 13.6. The lowest BCUT2D eigenvalue weighted by Gasteiger charge is -2.36. The fourth-order valence-corrected chi connectivity index (χ4v) is 5.74. The SMILES string of the molecule is COC(=O)Cc1ccc(OC)c(C2=C(CN3C(=O)O[C@H](c4cc(C(F)(F)F)cc(C(F)(F)F)c4)[C@@H]3C)CC(C)(C)CC2)c1. The Labute approximate surface area is 245 Å². The number of nitrogens with zero attached hydrogens (tertiary/aromatic N) is 1. The van der Waals surface area contributed by atoms with Crippen LogP contribution in [0, 0.1) is 5.41 Å². The van der Waals surface area contributed by atoms with Crippen molar-refractivity contribution in [1.29, 1.82) is 0 Å². The summed E-state index contributed by atoms with van der Waals surface area (Å²) < 4.78 is 96.9. The van der Waals surface area contributed by atoms with E-state index in [0.717, 1.165) is 23.1 Å². The Morgan fingerprint density at radius 1 is 1.02 bits per heavy atom. The van der Waals surface area contributed by atoms with Crippen LogP contribution < -0.4 is 4.74 Å². The highest BCUT2D eigenvalue weighted by atomic mass is 19.4. The van der Waals surface area contributed by atoms with Gasteiger partial charge in [0.05, 0.1) is 37.8 Å². The molecule has 2 aliphatic rings. The molecule has 1 saturated heterocycles.